The third-order valence-electron chi connectivity index (χ3n) is 3.34. The molecule has 0 N–H and O–H groups in total. The van der Waals surface area contributed by atoms with Crippen LogP contribution in [0.1, 0.15) is 71.6 Å². The van der Waals surface area contributed by atoms with Crippen LogP contribution < -0.4 is 0 Å². The quantitative estimate of drug-likeness (QED) is 0.443. The summed E-state index contributed by atoms with van der Waals surface area (Å²) < 4.78 is 6.17. The highest BCUT2D eigenvalue weighted by molar-refractivity contribution is 4.90. The first-order chi connectivity index (χ1) is 7.86. The van der Waals surface area contributed by atoms with Crippen LogP contribution in [0, 0.1) is 0 Å². The zero-order valence-electron chi connectivity index (χ0n) is 11.1. The van der Waals surface area contributed by atoms with E-state index in [9.17, 15) is 0 Å². The van der Waals surface area contributed by atoms with Crippen LogP contribution in [-0.4, -0.2) is 12.2 Å². The molecule has 1 aliphatic heterocycles. The van der Waals surface area contributed by atoms with Crippen LogP contribution in [0.3, 0.4) is 0 Å². The number of rotatable bonds is 7. The van der Waals surface area contributed by atoms with Crippen molar-refractivity contribution in [1.82, 2.24) is 0 Å². The lowest BCUT2D eigenvalue weighted by Crippen LogP contribution is -2.20. The van der Waals surface area contributed by atoms with Crippen LogP contribution >= 0.6 is 0 Å². The minimum Gasteiger partial charge on any atom is -0.374 e. The molecular weight excluding hydrogens is 196 g/mol. The lowest BCUT2D eigenvalue weighted by Gasteiger charge is -2.21. The minimum absolute atomic E-state index is 0.486. The number of hydrogen-bond donors (Lipinski definition) is 0. The highest BCUT2D eigenvalue weighted by Crippen LogP contribution is 2.20. The molecule has 1 heterocycles. The summed E-state index contributed by atoms with van der Waals surface area (Å²) in [7, 11) is 0. The van der Waals surface area contributed by atoms with Gasteiger partial charge in [-0.2, -0.15) is 0 Å². The molecule has 1 heteroatoms. The van der Waals surface area contributed by atoms with E-state index in [0.29, 0.717) is 12.2 Å². The fourth-order valence-electron chi connectivity index (χ4n) is 2.37. The summed E-state index contributed by atoms with van der Waals surface area (Å²) in [6.45, 7) is 4.51. The molecular formula is C15H28O. The molecule has 0 spiro atoms. The van der Waals surface area contributed by atoms with Crippen molar-refractivity contribution in [3.8, 4) is 0 Å². The zero-order valence-corrected chi connectivity index (χ0v) is 11.1. The maximum absolute atomic E-state index is 6.17. The van der Waals surface area contributed by atoms with E-state index in [0.717, 1.165) is 12.8 Å². The van der Waals surface area contributed by atoms with Gasteiger partial charge in [0.15, 0.2) is 0 Å². The predicted octanol–water partition coefficient (Wildman–Crippen LogP) is 4.86. The van der Waals surface area contributed by atoms with Crippen LogP contribution in [-0.2, 0) is 4.74 Å². The van der Waals surface area contributed by atoms with Crippen LogP contribution in [0.5, 0.6) is 0 Å². The summed E-state index contributed by atoms with van der Waals surface area (Å²) in [6.07, 6.45) is 17.0. The Hall–Kier alpha value is -0.300. The lowest BCUT2D eigenvalue weighted by atomic mass is 10.1. The van der Waals surface area contributed by atoms with E-state index >= 15 is 0 Å². The Morgan fingerprint density at radius 3 is 2.19 bits per heavy atom. The third kappa shape index (κ3) is 5.69. The largest absolute Gasteiger partial charge is 0.374 e. The van der Waals surface area contributed by atoms with Crippen LogP contribution in [0.25, 0.3) is 0 Å². The smallest absolute Gasteiger partial charge is 0.0613 e. The molecule has 94 valence electrons. The Balaban J connectivity index is 2.21. The molecule has 0 aliphatic carbocycles. The number of ether oxygens (including phenoxy) is 1. The average Bonchev–Trinajstić information content (AvgIpc) is 2.51. The van der Waals surface area contributed by atoms with E-state index in [1.54, 1.807) is 0 Å². The SMILES string of the molecule is CCCCCC[C@H]1CC=CC[C@@H](CCC)O1. The fourth-order valence-corrected chi connectivity index (χ4v) is 2.37. The second kappa shape index (κ2) is 8.81. The molecule has 0 fully saturated rings. The Labute approximate surface area is 101 Å². The van der Waals surface area contributed by atoms with E-state index in [-0.39, 0.29) is 0 Å². The number of unbranched alkanes of at least 4 members (excludes halogenated alkanes) is 3. The van der Waals surface area contributed by atoms with Gasteiger partial charge in [0.2, 0.25) is 0 Å². The molecule has 2 atom stereocenters. The fraction of sp³-hybridized carbons (Fsp3) is 0.867. The van der Waals surface area contributed by atoms with E-state index in [1.165, 1.54) is 44.9 Å². The van der Waals surface area contributed by atoms with Gasteiger partial charge in [0.1, 0.15) is 0 Å². The Morgan fingerprint density at radius 2 is 1.56 bits per heavy atom. The van der Waals surface area contributed by atoms with Gasteiger partial charge in [-0.15, -0.1) is 0 Å². The molecule has 0 aromatic heterocycles. The summed E-state index contributed by atoms with van der Waals surface area (Å²) >= 11 is 0. The normalized spacial score (nSPS) is 25.6. The van der Waals surface area contributed by atoms with Crippen LogP contribution in [0.2, 0.25) is 0 Å². The van der Waals surface area contributed by atoms with Gasteiger partial charge in [-0.3, -0.25) is 0 Å². The maximum atomic E-state index is 6.17. The Kier molecular flexibility index (Phi) is 7.58. The van der Waals surface area contributed by atoms with E-state index in [1.807, 2.05) is 0 Å². The van der Waals surface area contributed by atoms with E-state index < -0.39 is 0 Å². The molecule has 0 unspecified atom stereocenters. The standard InChI is InChI=1S/C15H28O/c1-3-5-6-7-11-15-13-9-8-12-14(16-15)10-4-2/h8-9,14-15H,3-7,10-13H2,1-2H3/t14-,15+/m1/s1. The van der Waals surface area contributed by atoms with Crippen molar-refractivity contribution in [2.75, 3.05) is 0 Å². The first-order valence-corrected chi connectivity index (χ1v) is 7.17. The molecule has 0 saturated heterocycles. The van der Waals surface area contributed by atoms with Crippen molar-refractivity contribution in [3.05, 3.63) is 12.2 Å². The van der Waals surface area contributed by atoms with Crippen molar-refractivity contribution >= 4 is 0 Å². The molecule has 1 aliphatic rings. The first kappa shape index (κ1) is 13.8. The Bertz CT molecular complexity index is 186. The van der Waals surface area contributed by atoms with E-state index in [4.69, 9.17) is 4.74 Å². The number of hydrogen-bond acceptors (Lipinski definition) is 1. The van der Waals surface area contributed by atoms with Gasteiger partial charge in [-0.25, -0.2) is 0 Å². The summed E-state index contributed by atoms with van der Waals surface area (Å²) in [6, 6.07) is 0. The van der Waals surface area contributed by atoms with Crippen molar-refractivity contribution in [2.24, 2.45) is 0 Å². The van der Waals surface area contributed by atoms with Gasteiger partial charge in [-0.1, -0.05) is 58.1 Å². The second-order valence-corrected chi connectivity index (χ2v) is 4.96. The van der Waals surface area contributed by atoms with Crippen molar-refractivity contribution in [2.45, 2.75) is 83.8 Å². The summed E-state index contributed by atoms with van der Waals surface area (Å²) in [5.74, 6) is 0. The topological polar surface area (TPSA) is 9.23 Å². The molecule has 0 amide bonds. The van der Waals surface area contributed by atoms with Gasteiger partial charge in [0, 0.05) is 0 Å². The highest BCUT2D eigenvalue weighted by atomic mass is 16.5. The minimum atomic E-state index is 0.486. The molecule has 0 aromatic rings. The summed E-state index contributed by atoms with van der Waals surface area (Å²) in [4.78, 5) is 0. The molecule has 0 aromatic carbocycles. The van der Waals surface area contributed by atoms with Gasteiger partial charge < -0.3 is 4.74 Å². The summed E-state index contributed by atoms with van der Waals surface area (Å²) in [5.41, 5.74) is 0. The molecule has 1 nitrogen and oxygen atoms in total. The second-order valence-electron chi connectivity index (χ2n) is 4.96. The molecule has 0 bridgehead atoms. The van der Waals surface area contributed by atoms with Gasteiger partial charge in [-0.05, 0) is 25.7 Å². The Morgan fingerprint density at radius 1 is 0.875 bits per heavy atom. The monoisotopic (exact) mass is 224 g/mol. The maximum Gasteiger partial charge on any atom is 0.0613 e. The van der Waals surface area contributed by atoms with Gasteiger partial charge in [0.25, 0.3) is 0 Å². The van der Waals surface area contributed by atoms with Gasteiger partial charge >= 0.3 is 0 Å². The molecule has 0 radical (unpaired) electrons. The van der Waals surface area contributed by atoms with Crippen molar-refractivity contribution < 1.29 is 4.74 Å². The average molecular weight is 224 g/mol. The third-order valence-corrected chi connectivity index (χ3v) is 3.34. The predicted molar refractivity (Wildman–Crippen MR) is 70.7 cm³/mol. The van der Waals surface area contributed by atoms with Crippen LogP contribution in [0.15, 0.2) is 12.2 Å². The van der Waals surface area contributed by atoms with Gasteiger partial charge in [0.05, 0.1) is 12.2 Å². The zero-order chi connectivity index (χ0) is 11.6. The van der Waals surface area contributed by atoms with Crippen molar-refractivity contribution in [1.29, 1.82) is 0 Å². The van der Waals surface area contributed by atoms with Crippen molar-refractivity contribution in [3.63, 3.8) is 0 Å². The lowest BCUT2D eigenvalue weighted by molar-refractivity contribution is -0.0145. The van der Waals surface area contributed by atoms with E-state index in [2.05, 4.69) is 26.0 Å². The molecule has 0 saturated carbocycles. The molecule has 16 heavy (non-hydrogen) atoms. The van der Waals surface area contributed by atoms with Crippen LogP contribution in [0.4, 0.5) is 0 Å². The molecule has 1 rings (SSSR count). The summed E-state index contributed by atoms with van der Waals surface area (Å²) in [5, 5.41) is 0. The highest BCUT2D eigenvalue weighted by Gasteiger charge is 2.16. The first-order valence-electron chi connectivity index (χ1n) is 7.17.